The Kier molecular flexibility index (Phi) is 5.15. The molecule has 1 saturated heterocycles. The Morgan fingerprint density at radius 2 is 2.06 bits per heavy atom. The van der Waals surface area contributed by atoms with Crippen LogP contribution in [0, 0.1) is 0 Å². The second kappa shape index (κ2) is 7.99. The fraction of sp³-hybridized carbons (Fsp3) is 0.409. The molecule has 1 fully saturated rings. The van der Waals surface area contributed by atoms with Crippen LogP contribution in [0.25, 0.3) is 0 Å². The predicted molar refractivity (Wildman–Crippen MR) is 109 cm³/mol. The van der Waals surface area contributed by atoms with Crippen molar-refractivity contribution in [2.24, 2.45) is 0 Å². The van der Waals surface area contributed by atoms with Crippen molar-refractivity contribution in [1.82, 2.24) is 19.7 Å². The Balaban J connectivity index is 1.51. The molecule has 3 aromatic heterocycles. The van der Waals surface area contributed by atoms with Gasteiger partial charge in [-0.3, -0.25) is 9.78 Å². The molecular weight excluding hydrogens is 423 g/mol. The maximum Gasteiger partial charge on any atom is 0.410 e. The van der Waals surface area contributed by atoms with Gasteiger partial charge in [0.2, 0.25) is 0 Å². The fourth-order valence-electron chi connectivity index (χ4n) is 4.64. The molecule has 0 bridgehead atoms. The van der Waals surface area contributed by atoms with E-state index in [4.69, 9.17) is 4.42 Å². The highest BCUT2D eigenvalue weighted by molar-refractivity contribution is 5.99. The lowest BCUT2D eigenvalue weighted by Crippen LogP contribution is -2.40. The smallest absolute Gasteiger partial charge is 0.410 e. The summed E-state index contributed by atoms with van der Waals surface area (Å²) in [6.07, 6.45) is 3.83. The van der Waals surface area contributed by atoms with Crippen LogP contribution in [0.4, 0.5) is 19.0 Å². The van der Waals surface area contributed by atoms with Crippen molar-refractivity contribution < 1.29 is 22.4 Å². The summed E-state index contributed by atoms with van der Waals surface area (Å²) in [5.41, 5.74) is 1.04. The lowest BCUT2D eigenvalue weighted by molar-refractivity contribution is -0.174. The first-order chi connectivity index (χ1) is 15.4. The lowest BCUT2D eigenvalue weighted by atomic mass is 9.95. The summed E-state index contributed by atoms with van der Waals surface area (Å²) < 4.78 is 47.8. The van der Waals surface area contributed by atoms with Crippen molar-refractivity contribution in [3.8, 4) is 0 Å². The number of alkyl halides is 3. The molecule has 3 aromatic rings. The summed E-state index contributed by atoms with van der Waals surface area (Å²) >= 11 is 0. The number of aromatic nitrogens is 3. The third kappa shape index (κ3) is 3.63. The topological polar surface area (TPSA) is 76.2 Å². The van der Waals surface area contributed by atoms with Crippen molar-refractivity contribution in [3.63, 3.8) is 0 Å². The largest absolute Gasteiger partial charge is 0.467 e. The molecule has 0 aliphatic carbocycles. The van der Waals surface area contributed by atoms with Crippen LogP contribution < -0.4 is 5.32 Å². The van der Waals surface area contributed by atoms with Crippen LogP contribution in [0.15, 0.2) is 53.5 Å². The van der Waals surface area contributed by atoms with E-state index in [9.17, 15) is 18.0 Å². The molecule has 10 heteroatoms. The fourth-order valence-corrected chi connectivity index (χ4v) is 4.64. The number of fused-ring (bicyclic) bond motifs is 1. The summed E-state index contributed by atoms with van der Waals surface area (Å²) in [6.45, 7) is 0.521. The molecule has 168 valence electrons. The molecule has 5 heterocycles. The number of rotatable bonds is 3. The predicted octanol–water partition coefficient (Wildman–Crippen LogP) is 4.90. The van der Waals surface area contributed by atoms with Crippen molar-refractivity contribution in [3.05, 3.63) is 66.0 Å². The van der Waals surface area contributed by atoms with E-state index in [0.29, 0.717) is 12.3 Å². The number of likely N-dealkylation sites (tertiary alicyclic amines) is 1. The molecule has 1 N–H and O–H groups in total. The Morgan fingerprint density at radius 3 is 2.78 bits per heavy atom. The van der Waals surface area contributed by atoms with E-state index < -0.39 is 18.3 Å². The molecular formula is C22H22F3N5O2. The minimum absolute atomic E-state index is 0.0699. The number of carbonyl (C=O) groups excluding carboxylic acids is 1. The zero-order valence-electron chi connectivity index (χ0n) is 17.1. The molecule has 1 amide bonds. The Labute approximate surface area is 182 Å². The Hall–Kier alpha value is -3.30. The first-order valence-electron chi connectivity index (χ1n) is 10.6. The SMILES string of the molecule is O=C(c1cnn2c1N[C@H](c1ccco1)C[C@@H]2C(F)(F)F)N1CCCC[C@H]1c1cccnc1. The third-order valence-electron chi connectivity index (χ3n) is 6.19. The van der Waals surface area contributed by atoms with Gasteiger partial charge in [-0.2, -0.15) is 18.3 Å². The number of carbonyl (C=O) groups is 1. The zero-order chi connectivity index (χ0) is 22.3. The van der Waals surface area contributed by atoms with Gasteiger partial charge in [-0.15, -0.1) is 0 Å². The van der Waals surface area contributed by atoms with Crippen molar-refractivity contribution in [2.45, 2.75) is 50.0 Å². The Morgan fingerprint density at radius 1 is 1.19 bits per heavy atom. The van der Waals surface area contributed by atoms with Crippen LogP contribution in [0.3, 0.4) is 0 Å². The molecule has 3 atom stereocenters. The average molecular weight is 445 g/mol. The Bertz CT molecular complexity index is 1080. The van der Waals surface area contributed by atoms with Crippen molar-refractivity contribution in [2.75, 3.05) is 11.9 Å². The van der Waals surface area contributed by atoms with Gasteiger partial charge in [-0.1, -0.05) is 6.07 Å². The van der Waals surface area contributed by atoms with Gasteiger partial charge in [0.1, 0.15) is 17.1 Å². The van der Waals surface area contributed by atoms with E-state index in [1.54, 1.807) is 29.4 Å². The van der Waals surface area contributed by atoms with Crippen LogP contribution in [0.5, 0.6) is 0 Å². The second-order valence-corrected chi connectivity index (χ2v) is 8.15. The number of amides is 1. The highest BCUT2D eigenvalue weighted by atomic mass is 19.4. The summed E-state index contributed by atoms with van der Waals surface area (Å²) in [7, 11) is 0. The number of piperidine rings is 1. The first-order valence-corrected chi connectivity index (χ1v) is 10.6. The van der Waals surface area contributed by atoms with Gasteiger partial charge in [0.25, 0.3) is 5.91 Å². The van der Waals surface area contributed by atoms with Crippen molar-refractivity contribution >= 4 is 11.7 Å². The highest BCUT2D eigenvalue weighted by Gasteiger charge is 2.48. The van der Waals surface area contributed by atoms with Gasteiger partial charge in [-0.05, 0) is 43.0 Å². The zero-order valence-corrected chi connectivity index (χ0v) is 17.1. The number of hydrogen-bond donors (Lipinski definition) is 1. The highest BCUT2D eigenvalue weighted by Crippen LogP contribution is 2.45. The minimum Gasteiger partial charge on any atom is -0.467 e. The minimum atomic E-state index is -4.52. The molecule has 0 aromatic carbocycles. The summed E-state index contributed by atoms with van der Waals surface area (Å²) in [5.74, 6) is 0.116. The second-order valence-electron chi connectivity index (χ2n) is 8.15. The number of pyridine rings is 1. The van der Waals surface area contributed by atoms with E-state index in [-0.39, 0.29) is 29.8 Å². The van der Waals surface area contributed by atoms with Crippen LogP contribution in [0.2, 0.25) is 0 Å². The normalized spacial score (nSPS) is 23.5. The van der Waals surface area contributed by atoms with Gasteiger partial charge in [-0.25, -0.2) is 4.68 Å². The van der Waals surface area contributed by atoms with E-state index in [2.05, 4.69) is 15.4 Å². The molecule has 7 nitrogen and oxygen atoms in total. The number of anilines is 1. The van der Waals surface area contributed by atoms with Gasteiger partial charge in [0.15, 0.2) is 6.04 Å². The third-order valence-corrected chi connectivity index (χ3v) is 6.19. The van der Waals surface area contributed by atoms with E-state index in [0.717, 1.165) is 29.5 Å². The molecule has 0 saturated carbocycles. The monoisotopic (exact) mass is 445 g/mol. The number of furan rings is 1. The number of hydrogen-bond acceptors (Lipinski definition) is 5. The quantitative estimate of drug-likeness (QED) is 0.621. The maximum atomic E-state index is 13.9. The van der Waals surface area contributed by atoms with E-state index in [1.165, 1.54) is 12.5 Å². The number of nitrogens with zero attached hydrogens (tertiary/aromatic N) is 4. The molecule has 0 spiro atoms. The first kappa shape index (κ1) is 20.6. The van der Waals surface area contributed by atoms with Gasteiger partial charge in [0.05, 0.1) is 24.5 Å². The number of nitrogens with one attached hydrogen (secondary N) is 1. The van der Waals surface area contributed by atoms with Gasteiger partial charge < -0.3 is 14.6 Å². The van der Waals surface area contributed by atoms with E-state index in [1.807, 2.05) is 12.1 Å². The molecule has 32 heavy (non-hydrogen) atoms. The molecule has 0 radical (unpaired) electrons. The van der Waals surface area contributed by atoms with Crippen LogP contribution in [-0.2, 0) is 0 Å². The van der Waals surface area contributed by atoms with Crippen LogP contribution in [0.1, 0.15) is 65.5 Å². The van der Waals surface area contributed by atoms with Crippen LogP contribution >= 0.6 is 0 Å². The summed E-state index contributed by atoms with van der Waals surface area (Å²) in [5, 5.41) is 7.05. The molecule has 0 unspecified atom stereocenters. The lowest BCUT2D eigenvalue weighted by Gasteiger charge is -2.37. The van der Waals surface area contributed by atoms with Crippen molar-refractivity contribution in [1.29, 1.82) is 0 Å². The summed E-state index contributed by atoms with van der Waals surface area (Å²) in [6, 6.07) is 4.24. The van der Waals surface area contributed by atoms with Gasteiger partial charge >= 0.3 is 6.18 Å². The molecule has 5 rings (SSSR count). The van der Waals surface area contributed by atoms with E-state index >= 15 is 0 Å². The molecule has 2 aliphatic heterocycles. The molecule has 2 aliphatic rings. The van der Waals surface area contributed by atoms with Gasteiger partial charge in [0, 0.05) is 25.4 Å². The summed E-state index contributed by atoms with van der Waals surface area (Å²) in [4.78, 5) is 19.5. The number of halogens is 3. The standard InChI is InChI=1S/C22H22F3N5O2/c23-22(24,25)19-11-16(18-7-4-10-32-18)28-20-15(13-27-30(19)20)21(31)29-9-2-1-6-17(29)14-5-3-8-26-12-14/h3-5,7-8,10,12-13,16-17,19,28H,1-2,6,9,11H2/t16-,17-,19+/m0/s1. The van der Waals surface area contributed by atoms with Crippen LogP contribution in [-0.4, -0.2) is 38.3 Å². The maximum absolute atomic E-state index is 13.9. The average Bonchev–Trinajstić information content (AvgIpc) is 3.48.